The summed E-state index contributed by atoms with van der Waals surface area (Å²) in [5, 5.41) is 31.6. The Morgan fingerprint density at radius 1 is 0.947 bits per heavy atom. The summed E-state index contributed by atoms with van der Waals surface area (Å²) in [6.45, 7) is 12.4. The molecule has 0 aromatic rings. The van der Waals surface area contributed by atoms with Crippen LogP contribution in [-0.4, -0.2) is 56.6 Å². The Kier molecular flexibility index (Phi) is 6.76. The first-order chi connectivity index (χ1) is 17.4. The molecule has 4 rings (SSSR count). The number of rotatable bonds is 6. The Morgan fingerprint density at radius 2 is 1.55 bits per heavy atom. The zero-order chi connectivity index (χ0) is 28.7. The number of carboxylic acid groups (broad SMARTS) is 1. The average molecular weight is 531 g/mol. The Balaban J connectivity index is 1.80. The van der Waals surface area contributed by atoms with Crippen LogP contribution >= 0.6 is 0 Å². The van der Waals surface area contributed by atoms with Crippen LogP contribution in [0.1, 0.15) is 87.0 Å². The van der Waals surface area contributed by atoms with Gasteiger partial charge >= 0.3 is 5.97 Å². The number of aliphatic hydroxyl groups is 2. The van der Waals surface area contributed by atoms with Crippen molar-refractivity contribution in [2.75, 3.05) is 0 Å². The number of carbonyl (C=O) groups excluding carboxylic acids is 4. The van der Waals surface area contributed by atoms with Crippen molar-refractivity contribution >= 4 is 29.1 Å². The molecule has 210 valence electrons. The van der Waals surface area contributed by atoms with E-state index in [-0.39, 0.29) is 60.1 Å². The van der Waals surface area contributed by atoms with Gasteiger partial charge in [-0.2, -0.15) is 0 Å². The SMILES string of the molecule is C[C@H](CC(=O)C[C@@H](C)[C@H]1CC(=O)[C@@]2(C)C3=C(C(=O)[C@@H](O)[C@]12C)[C@@]1(C)CC[C@H](O)C(C)(C)[C@H]1CC3=O)C(=O)O. The predicted octanol–water partition coefficient (Wildman–Crippen LogP) is 3.31. The predicted molar refractivity (Wildman–Crippen MR) is 138 cm³/mol. The molecule has 0 spiro atoms. The summed E-state index contributed by atoms with van der Waals surface area (Å²) in [5.41, 5.74) is -3.58. The van der Waals surface area contributed by atoms with E-state index in [1.54, 1.807) is 20.8 Å². The highest BCUT2D eigenvalue weighted by Gasteiger charge is 2.73. The summed E-state index contributed by atoms with van der Waals surface area (Å²) in [4.78, 5) is 65.8. The molecule has 0 heterocycles. The molecule has 0 aromatic heterocycles. The lowest BCUT2D eigenvalue weighted by Crippen LogP contribution is -2.64. The van der Waals surface area contributed by atoms with Crippen LogP contribution in [0.2, 0.25) is 0 Å². The van der Waals surface area contributed by atoms with E-state index in [1.807, 2.05) is 20.8 Å². The van der Waals surface area contributed by atoms with Crippen LogP contribution in [-0.2, 0) is 24.0 Å². The van der Waals surface area contributed by atoms with Crippen LogP contribution in [0.3, 0.4) is 0 Å². The highest BCUT2D eigenvalue weighted by molar-refractivity contribution is 6.17. The molecular weight excluding hydrogens is 488 g/mol. The minimum atomic E-state index is -1.53. The Morgan fingerprint density at radius 3 is 2.13 bits per heavy atom. The molecule has 0 radical (unpaired) electrons. The Bertz CT molecular complexity index is 1150. The number of aliphatic carboxylic acids is 1. The van der Waals surface area contributed by atoms with Gasteiger partial charge in [0.1, 0.15) is 17.7 Å². The number of aliphatic hydroxyl groups excluding tert-OH is 2. The van der Waals surface area contributed by atoms with Gasteiger partial charge in [-0.3, -0.25) is 24.0 Å². The van der Waals surface area contributed by atoms with Gasteiger partial charge in [0.25, 0.3) is 0 Å². The first-order valence-electron chi connectivity index (χ1n) is 13.8. The van der Waals surface area contributed by atoms with E-state index in [9.17, 15) is 39.3 Å². The molecule has 2 saturated carbocycles. The third kappa shape index (κ3) is 3.58. The minimum Gasteiger partial charge on any atom is -0.481 e. The fraction of sp³-hybridized carbons (Fsp3) is 0.767. The average Bonchev–Trinajstić information content (AvgIpc) is 3.03. The number of Topliss-reactive ketones (excluding diaryl/α,β-unsaturated/α-hetero) is 4. The second kappa shape index (κ2) is 8.91. The van der Waals surface area contributed by atoms with E-state index < -0.39 is 63.4 Å². The van der Waals surface area contributed by atoms with Crippen molar-refractivity contribution in [2.45, 2.75) is 99.2 Å². The second-order valence-corrected chi connectivity index (χ2v) is 13.8. The van der Waals surface area contributed by atoms with E-state index in [1.165, 1.54) is 6.92 Å². The van der Waals surface area contributed by atoms with E-state index in [2.05, 4.69) is 0 Å². The molecule has 8 heteroatoms. The number of carboxylic acids is 1. The summed E-state index contributed by atoms with van der Waals surface area (Å²) >= 11 is 0. The number of hydrogen-bond acceptors (Lipinski definition) is 7. The van der Waals surface area contributed by atoms with Gasteiger partial charge in [-0.1, -0.05) is 41.5 Å². The fourth-order valence-electron chi connectivity index (χ4n) is 8.86. The van der Waals surface area contributed by atoms with Crippen LogP contribution < -0.4 is 0 Å². The Labute approximate surface area is 224 Å². The van der Waals surface area contributed by atoms with Crippen LogP contribution in [0.25, 0.3) is 0 Å². The van der Waals surface area contributed by atoms with E-state index in [0.29, 0.717) is 12.8 Å². The molecule has 0 bridgehead atoms. The molecule has 2 fully saturated rings. The number of hydrogen-bond donors (Lipinski definition) is 3. The van der Waals surface area contributed by atoms with Gasteiger partial charge in [0.05, 0.1) is 17.4 Å². The van der Waals surface area contributed by atoms with Crippen molar-refractivity contribution in [1.82, 2.24) is 0 Å². The summed E-state index contributed by atoms with van der Waals surface area (Å²) < 4.78 is 0. The molecule has 0 amide bonds. The van der Waals surface area contributed by atoms with E-state index in [0.717, 1.165) is 0 Å². The summed E-state index contributed by atoms with van der Waals surface area (Å²) in [7, 11) is 0. The largest absolute Gasteiger partial charge is 0.481 e. The number of carbonyl (C=O) groups is 5. The van der Waals surface area contributed by atoms with E-state index >= 15 is 0 Å². The standard InChI is InChI=1S/C30H42O8/c1-14(10-16(31)11-15(2)26(37)38)17-12-21(34)30(7)22-18(32)13-19-27(3,4)20(33)8-9-28(19,5)23(22)24(35)25(36)29(17,30)6/h14-15,17,19-20,25,33,36H,8-13H2,1-7H3,(H,37,38)/t14-,15-,17-,19-,20+,25-,28+,29+,30+/m1/s1. The molecular formula is C30H42O8. The smallest absolute Gasteiger partial charge is 0.306 e. The normalized spacial score (nSPS) is 41.8. The maximum atomic E-state index is 14.1. The van der Waals surface area contributed by atoms with Crippen LogP contribution in [0, 0.1) is 45.3 Å². The molecule has 4 aliphatic rings. The zero-order valence-electron chi connectivity index (χ0n) is 23.6. The second-order valence-electron chi connectivity index (χ2n) is 13.8. The quantitative estimate of drug-likeness (QED) is 0.474. The van der Waals surface area contributed by atoms with Crippen LogP contribution in [0.15, 0.2) is 11.1 Å². The van der Waals surface area contributed by atoms with Crippen LogP contribution in [0.5, 0.6) is 0 Å². The molecule has 0 aliphatic heterocycles. The van der Waals surface area contributed by atoms with Gasteiger partial charge in [0, 0.05) is 47.7 Å². The lowest BCUT2D eigenvalue weighted by molar-refractivity contribution is -0.159. The molecule has 8 nitrogen and oxygen atoms in total. The topological polar surface area (TPSA) is 146 Å². The molecule has 0 unspecified atom stereocenters. The van der Waals surface area contributed by atoms with Crippen molar-refractivity contribution in [2.24, 2.45) is 45.3 Å². The molecule has 0 aromatic carbocycles. The third-order valence-electron chi connectivity index (χ3n) is 11.5. The zero-order valence-corrected chi connectivity index (χ0v) is 23.6. The van der Waals surface area contributed by atoms with Gasteiger partial charge in [-0.25, -0.2) is 0 Å². The van der Waals surface area contributed by atoms with Crippen LogP contribution in [0.4, 0.5) is 0 Å². The highest BCUT2D eigenvalue weighted by atomic mass is 16.4. The highest BCUT2D eigenvalue weighted by Crippen LogP contribution is 2.70. The molecule has 9 atom stereocenters. The first-order valence-corrected chi connectivity index (χ1v) is 13.8. The lowest BCUT2D eigenvalue weighted by atomic mass is 9.42. The molecule has 38 heavy (non-hydrogen) atoms. The lowest BCUT2D eigenvalue weighted by Gasteiger charge is -2.60. The van der Waals surface area contributed by atoms with Crippen molar-refractivity contribution in [3.05, 3.63) is 11.1 Å². The monoisotopic (exact) mass is 530 g/mol. The number of ketones is 4. The maximum absolute atomic E-state index is 14.1. The fourth-order valence-corrected chi connectivity index (χ4v) is 8.86. The molecule has 4 aliphatic carbocycles. The van der Waals surface area contributed by atoms with Crippen molar-refractivity contribution in [3.63, 3.8) is 0 Å². The molecule has 0 saturated heterocycles. The number of fused-ring (bicyclic) bond motifs is 4. The van der Waals surface area contributed by atoms with Gasteiger partial charge < -0.3 is 15.3 Å². The number of allylic oxidation sites excluding steroid dienone is 1. The Hall–Kier alpha value is -2.19. The maximum Gasteiger partial charge on any atom is 0.306 e. The van der Waals surface area contributed by atoms with Gasteiger partial charge in [0.15, 0.2) is 11.6 Å². The van der Waals surface area contributed by atoms with Crippen molar-refractivity contribution in [3.8, 4) is 0 Å². The minimum absolute atomic E-state index is 0.0217. The van der Waals surface area contributed by atoms with Gasteiger partial charge in [0.2, 0.25) is 0 Å². The van der Waals surface area contributed by atoms with Crippen molar-refractivity contribution in [1.29, 1.82) is 0 Å². The first kappa shape index (κ1) is 28.8. The summed E-state index contributed by atoms with van der Waals surface area (Å²) in [5.74, 6) is -4.41. The van der Waals surface area contributed by atoms with E-state index in [4.69, 9.17) is 0 Å². The summed E-state index contributed by atoms with van der Waals surface area (Å²) in [6, 6.07) is 0. The van der Waals surface area contributed by atoms with Crippen molar-refractivity contribution < 1.29 is 39.3 Å². The van der Waals surface area contributed by atoms with Gasteiger partial charge in [-0.05, 0) is 42.9 Å². The van der Waals surface area contributed by atoms with Gasteiger partial charge in [-0.15, -0.1) is 0 Å². The third-order valence-corrected chi connectivity index (χ3v) is 11.5. The molecule has 3 N–H and O–H groups in total. The summed E-state index contributed by atoms with van der Waals surface area (Å²) in [6.07, 6.45) is -1.20.